The average Bonchev–Trinajstić information content (AvgIpc) is 2.80. The van der Waals surface area contributed by atoms with Gasteiger partial charge in [-0.1, -0.05) is 13.0 Å². The molecule has 0 saturated heterocycles. The van der Waals surface area contributed by atoms with Crippen LogP contribution in [-0.4, -0.2) is 34.9 Å². The zero-order valence-electron chi connectivity index (χ0n) is 12.0. The van der Waals surface area contributed by atoms with Gasteiger partial charge in [0.15, 0.2) is 0 Å². The quantitative estimate of drug-likeness (QED) is 0.760. The summed E-state index contributed by atoms with van der Waals surface area (Å²) in [7, 11) is 0. The van der Waals surface area contributed by atoms with Crippen molar-refractivity contribution in [3.8, 4) is 0 Å². The number of imidazole rings is 1. The third kappa shape index (κ3) is 6.33. The van der Waals surface area contributed by atoms with Gasteiger partial charge in [0.25, 0.3) is 0 Å². The molecule has 0 bridgehead atoms. The molecule has 2 aromatic rings. The second kappa shape index (κ2) is 10.4. The highest BCUT2D eigenvalue weighted by Gasteiger charge is 2.06. The molecule has 5 nitrogen and oxygen atoms in total. The molecule has 2 heterocycles. The molecule has 2 N–H and O–H groups in total. The standard InChI is InChI=1S/C14H20N4O.2ClH/c1-2-6-15-7-8-16-14(19)10-12-11-18-9-4-3-5-13(18)17-12;;/h3-5,9,11,15H,2,6-8,10H2,1H3,(H,16,19);2*1H. The van der Waals surface area contributed by atoms with Gasteiger partial charge in [0.2, 0.25) is 5.91 Å². The van der Waals surface area contributed by atoms with Crippen molar-refractivity contribution in [1.29, 1.82) is 0 Å². The molecule has 118 valence electrons. The van der Waals surface area contributed by atoms with Crippen LogP contribution in [0.4, 0.5) is 0 Å². The van der Waals surface area contributed by atoms with E-state index in [0.717, 1.165) is 30.9 Å². The van der Waals surface area contributed by atoms with Crippen molar-refractivity contribution >= 4 is 36.4 Å². The maximum absolute atomic E-state index is 11.7. The first kappa shape index (κ1) is 19.7. The molecule has 0 aliphatic heterocycles. The number of pyridine rings is 1. The number of rotatable bonds is 7. The second-order valence-corrected chi connectivity index (χ2v) is 4.48. The number of carbonyl (C=O) groups excluding carboxylic acids is 1. The number of halogens is 2. The van der Waals surface area contributed by atoms with Crippen LogP contribution < -0.4 is 10.6 Å². The van der Waals surface area contributed by atoms with Crippen LogP contribution in [0.15, 0.2) is 30.6 Å². The first-order chi connectivity index (χ1) is 9.29. The van der Waals surface area contributed by atoms with E-state index < -0.39 is 0 Å². The Labute approximate surface area is 137 Å². The minimum absolute atomic E-state index is 0. The van der Waals surface area contributed by atoms with Gasteiger partial charge in [-0.25, -0.2) is 4.98 Å². The molecule has 0 unspecified atom stereocenters. The number of carbonyl (C=O) groups is 1. The Kier molecular flexibility index (Phi) is 9.78. The molecule has 0 spiro atoms. The van der Waals surface area contributed by atoms with Gasteiger partial charge in [0.1, 0.15) is 5.65 Å². The molecule has 1 amide bonds. The monoisotopic (exact) mass is 332 g/mol. The van der Waals surface area contributed by atoms with Crippen molar-refractivity contribution in [2.24, 2.45) is 0 Å². The van der Waals surface area contributed by atoms with E-state index in [4.69, 9.17) is 0 Å². The minimum atomic E-state index is 0. The molecule has 2 aromatic heterocycles. The maximum atomic E-state index is 11.7. The normalized spacial score (nSPS) is 9.76. The van der Waals surface area contributed by atoms with Gasteiger partial charge in [-0.3, -0.25) is 4.79 Å². The molecule has 21 heavy (non-hydrogen) atoms. The van der Waals surface area contributed by atoms with Crippen LogP contribution in [0.25, 0.3) is 5.65 Å². The molecular formula is C14H22Cl2N4O. The summed E-state index contributed by atoms with van der Waals surface area (Å²) in [6, 6.07) is 5.81. The summed E-state index contributed by atoms with van der Waals surface area (Å²) in [5, 5.41) is 6.13. The van der Waals surface area contributed by atoms with E-state index in [9.17, 15) is 4.79 Å². The molecule has 0 aliphatic rings. The van der Waals surface area contributed by atoms with Crippen LogP contribution in [-0.2, 0) is 11.2 Å². The van der Waals surface area contributed by atoms with Crippen molar-refractivity contribution in [1.82, 2.24) is 20.0 Å². The van der Waals surface area contributed by atoms with Gasteiger partial charge in [-0.05, 0) is 25.1 Å². The highest BCUT2D eigenvalue weighted by atomic mass is 35.5. The molecule has 0 aromatic carbocycles. The summed E-state index contributed by atoms with van der Waals surface area (Å²) >= 11 is 0. The number of nitrogens with one attached hydrogen (secondary N) is 2. The molecule has 0 fully saturated rings. The van der Waals surface area contributed by atoms with Gasteiger partial charge in [0.05, 0.1) is 12.1 Å². The highest BCUT2D eigenvalue weighted by Crippen LogP contribution is 2.04. The summed E-state index contributed by atoms with van der Waals surface area (Å²) in [5.41, 5.74) is 1.67. The predicted octanol–water partition coefficient (Wildman–Crippen LogP) is 1.84. The Morgan fingerprint density at radius 2 is 2.05 bits per heavy atom. The first-order valence-corrected chi connectivity index (χ1v) is 6.69. The van der Waals surface area contributed by atoms with Crippen molar-refractivity contribution in [3.05, 3.63) is 36.3 Å². The third-order valence-corrected chi connectivity index (χ3v) is 2.81. The Balaban J connectivity index is 0.00000200. The Bertz CT molecular complexity index is 512. The number of hydrogen-bond acceptors (Lipinski definition) is 3. The summed E-state index contributed by atoms with van der Waals surface area (Å²) in [4.78, 5) is 16.1. The molecular weight excluding hydrogens is 311 g/mol. The Morgan fingerprint density at radius 3 is 2.76 bits per heavy atom. The van der Waals surface area contributed by atoms with Gasteiger partial charge in [0, 0.05) is 25.5 Å². The molecule has 0 aliphatic carbocycles. The number of hydrogen-bond donors (Lipinski definition) is 2. The van der Waals surface area contributed by atoms with Crippen LogP contribution >= 0.6 is 24.8 Å². The smallest absolute Gasteiger partial charge is 0.226 e. The summed E-state index contributed by atoms with van der Waals surface area (Å²) in [6.07, 6.45) is 5.26. The van der Waals surface area contributed by atoms with Crippen molar-refractivity contribution < 1.29 is 4.79 Å². The predicted molar refractivity (Wildman–Crippen MR) is 89.6 cm³/mol. The van der Waals surface area contributed by atoms with E-state index in [1.54, 1.807) is 0 Å². The van der Waals surface area contributed by atoms with Gasteiger partial charge in [-0.15, -0.1) is 24.8 Å². The van der Waals surface area contributed by atoms with E-state index >= 15 is 0 Å². The van der Waals surface area contributed by atoms with Gasteiger partial charge in [-0.2, -0.15) is 0 Å². The molecule has 0 radical (unpaired) electrons. The lowest BCUT2D eigenvalue weighted by atomic mass is 10.3. The minimum Gasteiger partial charge on any atom is -0.354 e. The SMILES string of the molecule is CCCNCCNC(=O)Cc1cn2ccccc2n1.Cl.Cl. The van der Waals surface area contributed by atoms with Crippen molar-refractivity contribution in [2.75, 3.05) is 19.6 Å². The van der Waals surface area contributed by atoms with E-state index in [1.807, 2.05) is 35.0 Å². The zero-order valence-corrected chi connectivity index (χ0v) is 13.7. The summed E-state index contributed by atoms with van der Waals surface area (Å²) in [5.74, 6) is 0.0155. The van der Waals surface area contributed by atoms with E-state index in [2.05, 4.69) is 22.5 Å². The summed E-state index contributed by atoms with van der Waals surface area (Å²) in [6.45, 7) is 4.58. The first-order valence-electron chi connectivity index (χ1n) is 6.69. The largest absolute Gasteiger partial charge is 0.354 e. The van der Waals surface area contributed by atoms with Gasteiger partial charge < -0.3 is 15.0 Å². The van der Waals surface area contributed by atoms with Gasteiger partial charge >= 0.3 is 0 Å². The molecule has 2 rings (SSSR count). The molecule has 0 saturated carbocycles. The Morgan fingerprint density at radius 1 is 1.24 bits per heavy atom. The number of aromatic nitrogens is 2. The Hall–Kier alpha value is -1.30. The number of amides is 1. The zero-order chi connectivity index (χ0) is 13.5. The lowest BCUT2D eigenvalue weighted by Crippen LogP contribution is -2.33. The lowest BCUT2D eigenvalue weighted by molar-refractivity contribution is -0.120. The maximum Gasteiger partial charge on any atom is 0.226 e. The fourth-order valence-electron chi connectivity index (χ4n) is 1.89. The highest BCUT2D eigenvalue weighted by molar-refractivity contribution is 5.85. The van der Waals surface area contributed by atoms with Crippen LogP contribution in [0.2, 0.25) is 0 Å². The van der Waals surface area contributed by atoms with Crippen molar-refractivity contribution in [2.45, 2.75) is 19.8 Å². The molecule has 7 heteroatoms. The van der Waals surface area contributed by atoms with E-state index in [1.165, 1.54) is 0 Å². The third-order valence-electron chi connectivity index (χ3n) is 2.81. The fourth-order valence-corrected chi connectivity index (χ4v) is 1.89. The summed E-state index contributed by atoms with van der Waals surface area (Å²) < 4.78 is 1.92. The van der Waals surface area contributed by atoms with Crippen LogP contribution in [0.1, 0.15) is 19.0 Å². The average molecular weight is 333 g/mol. The van der Waals surface area contributed by atoms with Crippen LogP contribution in [0.5, 0.6) is 0 Å². The number of fused-ring (bicyclic) bond motifs is 1. The van der Waals surface area contributed by atoms with E-state index in [-0.39, 0.29) is 30.7 Å². The second-order valence-electron chi connectivity index (χ2n) is 4.48. The lowest BCUT2D eigenvalue weighted by Gasteiger charge is -2.04. The van der Waals surface area contributed by atoms with Crippen LogP contribution in [0.3, 0.4) is 0 Å². The number of nitrogens with zero attached hydrogens (tertiary/aromatic N) is 2. The fraction of sp³-hybridized carbons (Fsp3) is 0.429. The van der Waals surface area contributed by atoms with Crippen molar-refractivity contribution in [3.63, 3.8) is 0 Å². The van der Waals surface area contributed by atoms with Crippen LogP contribution in [0, 0.1) is 0 Å². The van der Waals surface area contributed by atoms with E-state index in [0.29, 0.717) is 13.0 Å². The molecule has 0 atom stereocenters. The topological polar surface area (TPSA) is 58.4 Å².